The zero-order valence-corrected chi connectivity index (χ0v) is 16.4. The molecule has 0 saturated heterocycles. The second-order valence-corrected chi connectivity index (χ2v) is 6.94. The summed E-state index contributed by atoms with van der Waals surface area (Å²) < 4.78 is 5.21. The molecule has 6 nitrogen and oxygen atoms in total. The number of hydrogen-bond acceptors (Lipinski definition) is 5. The van der Waals surface area contributed by atoms with Crippen LogP contribution in [0.2, 0.25) is 0 Å². The molecule has 1 aromatic carbocycles. The number of anilines is 1. The third kappa shape index (κ3) is 6.08. The molecule has 28 heavy (non-hydrogen) atoms. The fourth-order valence-electron chi connectivity index (χ4n) is 3.25. The van der Waals surface area contributed by atoms with Crippen LogP contribution in [0, 0.1) is 0 Å². The van der Waals surface area contributed by atoms with Crippen molar-refractivity contribution < 1.29 is 9.53 Å². The lowest BCUT2D eigenvalue weighted by molar-refractivity contribution is 0.0953. The van der Waals surface area contributed by atoms with Crippen molar-refractivity contribution >= 4 is 11.9 Å². The number of benzene rings is 1. The summed E-state index contributed by atoms with van der Waals surface area (Å²) in [6.07, 6.45) is 12.3. The summed E-state index contributed by atoms with van der Waals surface area (Å²) in [7, 11) is 1.65. The van der Waals surface area contributed by atoms with Gasteiger partial charge in [0.1, 0.15) is 5.75 Å². The molecular weight excluding hydrogens is 352 g/mol. The van der Waals surface area contributed by atoms with Gasteiger partial charge in [0.25, 0.3) is 5.91 Å². The first-order chi connectivity index (χ1) is 13.7. The molecule has 1 aliphatic rings. The van der Waals surface area contributed by atoms with Crippen molar-refractivity contribution in [2.24, 2.45) is 0 Å². The second-order valence-electron chi connectivity index (χ2n) is 6.94. The van der Waals surface area contributed by atoms with Crippen LogP contribution in [0.15, 0.2) is 48.3 Å². The van der Waals surface area contributed by atoms with E-state index < -0.39 is 0 Å². The summed E-state index contributed by atoms with van der Waals surface area (Å²) in [5.41, 5.74) is 3.10. The Labute approximate surface area is 166 Å². The topological polar surface area (TPSA) is 76.1 Å². The standard InChI is InChI=1S/C22H28N4O2/c1-28-20-9-5-8-18(14-20)11-12-23-21(27)19-15-25-22(26-16-19)24-13-10-17-6-3-2-4-7-17/h5-6,8-9,14-16H,2-4,7,10-13H2,1H3,(H,23,27)(H,24,25,26). The van der Waals surface area contributed by atoms with Crippen molar-refractivity contribution in [3.63, 3.8) is 0 Å². The summed E-state index contributed by atoms with van der Waals surface area (Å²) in [6.45, 7) is 1.36. The number of nitrogens with one attached hydrogen (secondary N) is 2. The van der Waals surface area contributed by atoms with Crippen molar-refractivity contribution in [2.75, 3.05) is 25.5 Å². The van der Waals surface area contributed by atoms with Gasteiger partial charge in [-0.1, -0.05) is 23.8 Å². The maximum absolute atomic E-state index is 12.2. The lowest BCUT2D eigenvalue weighted by Gasteiger charge is -2.12. The predicted molar refractivity (Wildman–Crippen MR) is 111 cm³/mol. The molecule has 3 rings (SSSR count). The molecule has 0 saturated carbocycles. The van der Waals surface area contributed by atoms with E-state index in [2.05, 4.69) is 26.7 Å². The first-order valence-electron chi connectivity index (χ1n) is 9.89. The van der Waals surface area contributed by atoms with Gasteiger partial charge < -0.3 is 15.4 Å². The average Bonchev–Trinajstić information content (AvgIpc) is 2.75. The Kier molecular flexibility index (Phi) is 7.41. The molecule has 6 heteroatoms. The molecule has 1 amide bonds. The number of ether oxygens (including phenoxy) is 1. The van der Waals surface area contributed by atoms with E-state index in [1.165, 1.54) is 31.3 Å². The van der Waals surface area contributed by atoms with Crippen molar-refractivity contribution in [3.8, 4) is 5.75 Å². The number of carbonyl (C=O) groups excluding carboxylic acids is 1. The van der Waals surface area contributed by atoms with Crippen LogP contribution in [0.5, 0.6) is 5.75 Å². The van der Waals surface area contributed by atoms with Crippen LogP contribution in [0.3, 0.4) is 0 Å². The first kappa shape index (κ1) is 19.9. The number of allylic oxidation sites excluding steroid dienone is 1. The minimum Gasteiger partial charge on any atom is -0.497 e. The molecule has 0 atom stereocenters. The predicted octanol–water partition coefficient (Wildman–Crippen LogP) is 3.76. The Hall–Kier alpha value is -2.89. The first-order valence-corrected chi connectivity index (χ1v) is 9.89. The van der Waals surface area contributed by atoms with E-state index in [-0.39, 0.29) is 5.91 Å². The zero-order valence-electron chi connectivity index (χ0n) is 16.4. The molecule has 2 aromatic rings. The van der Waals surface area contributed by atoms with Crippen molar-refractivity contribution in [2.45, 2.75) is 38.5 Å². The molecule has 148 valence electrons. The lowest BCUT2D eigenvalue weighted by Crippen LogP contribution is -2.26. The van der Waals surface area contributed by atoms with Gasteiger partial charge in [0, 0.05) is 25.5 Å². The van der Waals surface area contributed by atoms with Crippen LogP contribution in [0.1, 0.15) is 48.0 Å². The largest absolute Gasteiger partial charge is 0.497 e. The molecule has 2 N–H and O–H groups in total. The lowest BCUT2D eigenvalue weighted by atomic mass is 9.97. The highest BCUT2D eigenvalue weighted by molar-refractivity contribution is 5.93. The van der Waals surface area contributed by atoms with E-state index in [9.17, 15) is 4.79 Å². The van der Waals surface area contributed by atoms with E-state index in [0.717, 1.165) is 30.7 Å². The van der Waals surface area contributed by atoms with Gasteiger partial charge in [-0.05, 0) is 56.2 Å². The number of amides is 1. The van der Waals surface area contributed by atoms with Crippen molar-refractivity contribution in [3.05, 3.63) is 59.4 Å². The normalized spacial score (nSPS) is 13.5. The Morgan fingerprint density at radius 3 is 2.75 bits per heavy atom. The highest BCUT2D eigenvalue weighted by Gasteiger charge is 2.08. The molecule has 0 spiro atoms. The Bertz CT molecular complexity index is 802. The van der Waals surface area contributed by atoms with Gasteiger partial charge in [-0.3, -0.25) is 4.79 Å². The second kappa shape index (κ2) is 10.4. The Balaban J connectivity index is 1.40. The van der Waals surface area contributed by atoms with Gasteiger partial charge in [0.2, 0.25) is 5.95 Å². The van der Waals surface area contributed by atoms with Crippen molar-refractivity contribution in [1.29, 1.82) is 0 Å². The van der Waals surface area contributed by atoms with E-state index >= 15 is 0 Å². The number of nitrogens with zero attached hydrogens (tertiary/aromatic N) is 2. The van der Waals surface area contributed by atoms with Crippen LogP contribution in [0.25, 0.3) is 0 Å². The van der Waals surface area contributed by atoms with E-state index in [1.807, 2.05) is 24.3 Å². The van der Waals surface area contributed by atoms with Gasteiger partial charge in [0.15, 0.2) is 0 Å². The molecule has 0 fully saturated rings. The van der Waals surface area contributed by atoms with Gasteiger partial charge in [-0.15, -0.1) is 0 Å². The molecule has 0 bridgehead atoms. The minimum absolute atomic E-state index is 0.165. The number of carbonyl (C=O) groups is 1. The summed E-state index contributed by atoms with van der Waals surface area (Å²) in [4.78, 5) is 20.8. The number of aromatic nitrogens is 2. The fourth-order valence-corrected chi connectivity index (χ4v) is 3.25. The molecular formula is C22H28N4O2. The van der Waals surface area contributed by atoms with Gasteiger partial charge in [-0.2, -0.15) is 0 Å². The monoisotopic (exact) mass is 380 g/mol. The maximum atomic E-state index is 12.2. The van der Waals surface area contributed by atoms with Crippen LogP contribution in [-0.4, -0.2) is 36.1 Å². The fraction of sp³-hybridized carbons (Fsp3) is 0.409. The molecule has 0 radical (unpaired) electrons. The average molecular weight is 380 g/mol. The molecule has 1 aromatic heterocycles. The Morgan fingerprint density at radius 2 is 2.00 bits per heavy atom. The van der Waals surface area contributed by atoms with Crippen LogP contribution in [-0.2, 0) is 6.42 Å². The van der Waals surface area contributed by atoms with Gasteiger partial charge >= 0.3 is 0 Å². The summed E-state index contributed by atoms with van der Waals surface area (Å²) in [5, 5.41) is 6.13. The van der Waals surface area contributed by atoms with E-state index in [1.54, 1.807) is 19.5 Å². The van der Waals surface area contributed by atoms with Gasteiger partial charge in [0.05, 0.1) is 12.7 Å². The number of rotatable bonds is 9. The summed E-state index contributed by atoms with van der Waals surface area (Å²) in [5.74, 6) is 1.21. The molecule has 0 aliphatic heterocycles. The Morgan fingerprint density at radius 1 is 1.14 bits per heavy atom. The highest BCUT2D eigenvalue weighted by atomic mass is 16.5. The van der Waals surface area contributed by atoms with Crippen LogP contribution in [0.4, 0.5) is 5.95 Å². The molecule has 1 heterocycles. The third-order valence-electron chi connectivity index (χ3n) is 4.86. The molecule has 0 unspecified atom stereocenters. The smallest absolute Gasteiger partial charge is 0.254 e. The highest BCUT2D eigenvalue weighted by Crippen LogP contribution is 2.19. The van der Waals surface area contributed by atoms with Crippen LogP contribution < -0.4 is 15.4 Å². The third-order valence-corrected chi connectivity index (χ3v) is 4.86. The quantitative estimate of drug-likeness (QED) is 0.648. The van der Waals surface area contributed by atoms with E-state index in [0.29, 0.717) is 18.1 Å². The van der Waals surface area contributed by atoms with Gasteiger partial charge in [-0.25, -0.2) is 9.97 Å². The maximum Gasteiger partial charge on any atom is 0.254 e. The SMILES string of the molecule is COc1cccc(CCNC(=O)c2cnc(NCCC3=CCCCC3)nc2)c1. The molecule has 1 aliphatic carbocycles. The summed E-state index contributed by atoms with van der Waals surface area (Å²) >= 11 is 0. The van der Waals surface area contributed by atoms with Crippen molar-refractivity contribution in [1.82, 2.24) is 15.3 Å². The van der Waals surface area contributed by atoms with E-state index in [4.69, 9.17) is 4.74 Å². The number of methoxy groups -OCH3 is 1. The summed E-state index contributed by atoms with van der Waals surface area (Å²) in [6, 6.07) is 7.84. The minimum atomic E-state index is -0.165. The number of hydrogen-bond donors (Lipinski definition) is 2. The zero-order chi connectivity index (χ0) is 19.6. The van der Waals surface area contributed by atoms with Crippen LogP contribution >= 0.6 is 0 Å².